The van der Waals surface area contributed by atoms with Crippen molar-refractivity contribution >= 4 is 18.3 Å². The summed E-state index contributed by atoms with van der Waals surface area (Å²) in [7, 11) is 0. The van der Waals surface area contributed by atoms with Crippen LogP contribution in [0.4, 0.5) is 4.39 Å². The van der Waals surface area contributed by atoms with Crippen molar-refractivity contribution in [2.75, 3.05) is 19.6 Å². The summed E-state index contributed by atoms with van der Waals surface area (Å²) in [4.78, 5) is 12.8. The van der Waals surface area contributed by atoms with Crippen molar-refractivity contribution in [3.8, 4) is 0 Å². The van der Waals surface area contributed by atoms with Gasteiger partial charge >= 0.3 is 0 Å². The average molecular weight is 397 g/mol. The van der Waals surface area contributed by atoms with Gasteiger partial charge in [-0.1, -0.05) is 12.1 Å². The molecule has 1 aromatic carbocycles. The number of nitrogens with one attached hydrogen (secondary N) is 2. The molecule has 3 rings (SSSR count). The van der Waals surface area contributed by atoms with Crippen LogP contribution in [0.1, 0.15) is 36.7 Å². The number of benzene rings is 1. The highest BCUT2D eigenvalue weighted by atomic mass is 35.5. The van der Waals surface area contributed by atoms with E-state index in [1.54, 1.807) is 19.1 Å². The van der Waals surface area contributed by atoms with Gasteiger partial charge in [0.05, 0.1) is 0 Å². The number of nitrogens with zero attached hydrogens (tertiary/aromatic N) is 4. The second-order valence-electron chi connectivity index (χ2n) is 6.81. The Bertz CT molecular complexity index is 717. The normalized spacial score (nSPS) is 17.8. The molecule has 27 heavy (non-hydrogen) atoms. The first-order chi connectivity index (χ1) is 12.6. The predicted octanol–water partition coefficient (Wildman–Crippen LogP) is 1.83. The molecule has 2 N–H and O–H groups in total. The van der Waals surface area contributed by atoms with Crippen molar-refractivity contribution < 1.29 is 9.18 Å². The van der Waals surface area contributed by atoms with Gasteiger partial charge in [-0.15, -0.1) is 17.5 Å². The van der Waals surface area contributed by atoms with Crippen molar-refractivity contribution in [1.29, 1.82) is 0 Å². The molecule has 1 aliphatic rings. The molecular weight excluding hydrogens is 371 g/mol. The Labute approximate surface area is 164 Å². The minimum Gasteiger partial charge on any atom is -0.354 e. The van der Waals surface area contributed by atoms with Crippen LogP contribution in [0.25, 0.3) is 0 Å². The van der Waals surface area contributed by atoms with Crippen LogP contribution < -0.4 is 10.6 Å². The molecule has 0 spiro atoms. The minimum atomic E-state index is -0.556. The maximum atomic E-state index is 13.1. The van der Waals surface area contributed by atoms with Gasteiger partial charge in [0.25, 0.3) is 0 Å². The third kappa shape index (κ3) is 5.97. The molecule has 2 heterocycles. The van der Waals surface area contributed by atoms with Gasteiger partial charge in [-0.25, -0.2) is 9.07 Å². The van der Waals surface area contributed by atoms with Crippen LogP contribution in [0.3, 0.4) is 0 Å². The molecule has 1 aliphatic heterocycles. The summed E-state index contributed by atoms with van der Waals surface area (Å²) in [6, 6.07) is 5.60. The second kappa shape index (κ2) is 10.3. The lowest BCUT2D eigenvalue weighted by Gasteiger charge is -2.23. The van der Waals surface area contributed by atoms with E-state index in [2.05, 4.69) is 26.2 Å². The Morgan fingerprint density at radius 3 is 2.81 bits per heavy atom. The zero-order valence-corrected chi connectivity index (χ0v) is 16.2. The standard InChI is InChI=1S/C18H25FN6O.ClH/c1-13-22-23-24-25(13)17(11-14-4-6-16(19)7-5-14)18(26)21-10-8-15-3-2-9-20-12-15;/h4-7,15,17,20H,2-3,8-12H2,1H3,(H,21,26);1H. The Morgan fingerprint density at radius 2 is 2.19 bits per heavy atom. The quantitative estimate of drug-likeness (QED) is 0.745. The molecule has 0 radical (unpaired) electrons. The Balaban J connectivity index is 0.00000261. The number of aryl methyl sites for hydroxylation is 1. The number of carbonyl (C=O) groups excluding carboxylic acids is 1. The first kappa shape index (κ1) is 21.2. The van der Waals surface area contributed by atoms with Crippen molar-refractivity contribution in [2.24, 2.45) is 5.92 Å². The molecule has 148 valence electrons. The lowest BCUT2D eigenvalue weighted by molar-refractivity contribution is -0.124. The Hall–Kier alpha value is -2.06. The molecule has 0 bridgehead atoms. The lowest BCUT2D eigenvalue weighted by atomic mass is 9.96. The number of piperidine rings is 1. The number of rotatable bonds is 7. The van der Waals surface area contributed by atoms with Gasteiger partial charge in [-0.2, -0.15) is 0 Å². The third-order valence-electron chi connectivity index (χ3n) is 4.85. The molecule has 0 aliphatic carbocycles. The fraction of sp³-hybridized carbons (Fsp3) is 0.556. The number of amides is 1. The Kier molecular flexibility index (Phi) is 8.12. The van der Waals surface area contributed by atoms with E-state index in [0.717, 1.165) is 25.1 Å². The minimum absolute atomic E-state index is 0. The van der Waals surface area contributed by atoms with Gasteiger partial charge in [0, 0.05) is 13.0 Å². The summed E-state index contributed by atoms with van der Waals surface area (Å²) in [5, 5.41) is 17.9. The van der Waals surface area contributed by atoms with E-state index in [9.17, 15) is 9.18 Å². The molecule has 0 saturated carbocycles. The van der Waals surface area contributed by atoms with Crippen molar-refractivity contribution in [1.82, 2.24) is 30.8 Å². The van der Waals surface area contributed by atoms with Crippen LogP contribution in [0, 0.1) is 18.7 Å². The zero-order valence-electron chi connectivity index (χ0n) is 15.4. The molecule has 1 aromatic heterocycles. The van der Waals surface area contributed by atoms with Crippen LogP contribution >= 0.6 is 12.4 Å². The molecule has 1 fully saturated rings. The van der Waals surface area contributed by atoms with Gasteiger partial charge < -0.3 is 10.6 Å². The maximum absolute atomic E-state index is 13.1. The summed E-state index contributed by atoms with van der Waals surface area (Å²) in [5.41, 5.74) is 0.859. The second-order valence-corrected chi connectivity index (χ2v) is 6.81. The smallest absolute Gasteiger partial charge is 0.245 e. The summed E-state index contributed by atoms with van der Waals surface area (Å²) in [5.74, 6) is 0.765. The average Bonchev–Trinajstić information content (AvgIpc) is 3.07. The van der Waals surface area contributed by atoms with E-state index in [-0.39, 0.29) is 24.1 Å². The van der Waals surface area contributed by atoms with Crippen molar-refractivity contribution in [2.45, 2.75) is 38.6 Å². The first-order valence-electron chi connectivity index (χ1n) is 9.11. The van der Waals surface area contributed by atoms with E-state index in [1.807, 2.05) is 0 Å². The first-order valence-corrected chi connectivity index (χ1v) is 9.11. The van der Waals surface area contributed by atoms with Crippen LogP contribution in [0.5, 0.6) is 0 Å². The van der Waals surface area contributed by atoms with Crippen LogP contribution in [0.2, 0.25) is 0 Å². The maximum Gasteiger partial charge on any atom is 0.245 e. The summed E-state index contributed by atoms with van der Waals surface area (Å²) < 4.78 is 14.7. The van der Waals surface area contributed by atoms with E-state index < -0.39 is 6.04 Å². The van der Waals surface area contributed by atoms with Crippen LogP contribution in [0.15, 0.2) is 24.3 Å². The highest BCUT2D eigenvalue weighted by Crippen LogP contribution is 2.17. The summed E-state index contributed by atoms with van der Waals surface area (Å²) >= 11 is 0. The molecule has 2 aromatic rings. The number of tetrazole rings is 1. The molecular formula is C18H26ClFN6O. The van der Waals surface area contributed by atoms with Gasteiger partial charge in [0.2, 0.25) is 5.91 Å². The molecule has 2 unspecified atom stereocenters. The number of aromatic nitrogens is 4. The van der Waals surface area contributed by atoms with E-state index in [0.29, 0.717) is 24.7 Å². The van der Waals surface area contributed by atoms with E-state index >= 15 is 0 Å². The molecule has 1 saturated heterocycles. The van der Waals surface area contributed by atoms with Gasteiger partial charge in [-0.05, 0) is 73.3 Å². The van der Waals surface area contributed by atoms with Crippen LogP contribution in [-0.2, 0) is 11.2 Å². The van der Waals surface area contributed by atoms with Crippen molar-refractivity contribution in [3.05, 3.63) is 41.5 Å². The molecule has 1 amide bonds. The topological polar surface area (TPSA) is 84.7 Å². The highest BCUT2D eigenvalue weighted by molar-refractivity contribution is 5.85. The summed E-state index contributed by atoms with van der Waals surface area (Å²) in [6.07, 6.45) is 3.75. The third-order valence-corrected chi connectivity index (χ3v) is 4.85. The van der Waals surface area contributed by atoms with E-state index in [4.69, 9.17) is 0 Å². The van der Waals surface area contributed by atoms with Crippen LogP contribution in [-0.4, -0.2) is 45.7 Å². The molecule has 2 atom stereocenters. The number of halogens is 2. The largest absolute Gasteiger partial charge is 0.354 e. The van der Waals surface area contributed by atoms with Gasteiger partial charge in [0.1, 0.15) is 17.7 Å². The van der Waals surface area contributed by atoms with Gasteiger partial charge in [-0.3, -0.25) is 4.79 Å². The predicted molar refractivity (Wildman–Crippen MR) is 102 cm³/mol. The number of hydrogen-bond donors (Lipinski definition) is 2. The van der Waals surface area contributed by atoms with E-state index in [1.165, 1.54) is 29.7 Å². The fourth-order valence-corrected chi connectivity index (χ4v) is 3.35. The monoisotopic (exact) mass is 396 g/mol. The van der Waals surface area contributed by atoms with Gasteiger partial charge in [0.15, 0.2) is 0 Å². The summed E-state index contributed by atoms with van der Waals surface area (Å²) in [6.45, 7) is 4.49. The lowest BCUT2D eigenvalue weighted by Crippen LogP contribution is -2.37. The number of carbonyl (C=O) groups is 1. The highest BCUT2D eigenvalue weighted by Gasteiger charge is 2.24. The molecule has 9 heteroatoms. The molecule has 7 nitrogen and oxygen atoms in total. The number of hydrogen-bond acceptors (Lipinski definition) is 5. The Morgan fingerprint density at radius 1 is 1.41 bits per heavy atom. The fourth-order valence-electron chi connectivity index (χ4n) is 3.35. The zero-order chi connectivity index (χ0) is 18.4. The van der Waals surface area contributed by atoms with Crippen molar-refractivity contribution in [3.63, 3.8) is 0 Å². The SMILES string of the molecule is Cc1nnnn1C(Cc1ccc(F)cc1)C(=O)NCCC1CCCNC1.Cl.